The van der Waals surface area contributed by atoms with E-state index in [1.54, 1.807) is 0 Å². The minimum atomic E-state index is -1.15. The van der Waals surface area contributed by atoms with Crippen LogP contribution in [0, 0.1) is 13.8 Å². The molecule has 0 radical (unpaired) electrons. The number of hydrogen-bond acceptors (Lipinski definition) is 3. The number of hydrogen-bond donors (Lipinski definition) is 2. The second-order valence-electron chi connectivity index (χ2n) is 4.42. The van der Waals surface area contributed by atoms with Crippen molar-refractivity contribution in [3.05, 3.63) is 40.7 Å². The summed E-state index contributed by atoms with van der Waals surface area (Å²) in [4.78, 5) is 24.1. The highest BCUT2D eigenvalue weighted by Gasteiger charge is 2.33. The van der Waals surface area contributed by atoms with Gasteiger partial charge < -0.3 is 10.8 Å². The van der Waals surface area contributed by atoms with Crippen molar-refractivity contribution in [2.45, 2.75) is 20.3 Å². The number of carboxylic acid groups (broad SMARTS) is 1. The highest BCUT2D eigenvalue weighted by atomic mass is 16.4. The fourth-order valence-electron chi connectivity index (χ4n) is 2.14. The van der Waals surface area contributed by atoms with Gasteiger partial charge in [-0.05, 0) is 37.1 Å². The fourth-order valence-corrected chi connectivity index (χ4v) is 2.14. The molecule has 94 valence electrons. The summed E-state index contributed by atoms with van der Waals surface area (Å²) in [6, 6.07) is 5.59. The van der Waals surface area contributed by atoms with Gasteiger partial charge in [-0.2, -0.15) is 0 Å². The summed E-state index contributed by atoms with van der Waals surface area (Å²) >= 11 is 0. The number of aryl methyl sites for hydroxylation is 2. The zero-order chi connectivity index (χ0) is 13.4. The average Bonchev–Trinajstić information content (AvgIpc) is 2.52. The summed E-state index contributed by atoms with van der Waals surface area (Å²) in [5, 5.41) is 8.96. The molecule has 18 heavy (non-hydrogen) atoms. The minimum absolute atomic E-state index is 0.0116. The molecule has 0 atom stereocenters. The topological polar surface area (TPSA) is 83.6 Å². The van der Waals surface area contributed by atoms with Crippen LogP contribution in [0.25, 0.3) is 0 Å². The Labute approximate surface area is 105 Å². The van der Waals surface area contributed by atoms with E-state index in [1.165, 1.54) is 4.90 Å². The maximum atomic E-state index is 11.9. The smallest absolute Gasteiger partial charge is 0.335 e. The van der Waals surface area contributed by atoms with Crippen molar-refractivity contribution >= 4 is 17.6 Å². The van der Waals surface area contributed by atoms with Crippen LogP contribution >= 0.6 is 0 Å². The minimum Gasteiger partial charge on any atom is -0.478 e. The number of benzene rings is 1. The molecule has 0 saturated carbocycles. The van der Waals surface area contributed by atoms with Crippen LogP contribution in [0.3, 0.4) is 0 Å². The molecule has 3 N–H and O–H groups in total. The van der Waals surface area contributed by atoms with Crippen molar-refractivity contribution in [2.24, 2.45) is 5.73 Å². The maximum absolute atomic E-state index is 11.9. The molecule has 1 aromatic carbocycles. The van der Waals surface area contributed by atoms with E-state index in [2.05, 4.69) is 0 Å². The van der Waals surface area contributed by atoms with Crippen LogP contribution in [0.5, 0.6) is 0 Å². The van der Waals surface area contributed by atoms with Crippen molar-refractivity contribution in [3.8, 4) is 0 Å². The Balaban J connectivity index is 2.50. The zero-order valence-corrected chi connectivity index (χ0v) is 10.2. The van der Waals surface area contributed by atoms with Crippen LogP contribution in [-0.4, -0.2) is 17.0 Å². The molecule has 1 heterocycles. The van der Waals surface area contributed by atoms with Gasteiger partial charge in [0.15, 0.2) is 0 Å². The van der Waals surface area contributed by atoms with E-state index in [1.807, 2.05) is 32.0 Å². The molecule has 5 nitrogen and oxygen atoms in total. The van der Waals surface area contributed by atoms with Crippen molar-refractivity contribution < 1.29 is 14.7 Å². The molecule has 1 aliphatic heterocycles. The van der Waals surface area contributed by atoms with Crippen LogP contribution in [0.15, 0.2) is 29.6 Å². The van der Waals surface area contributed by atoms with Gasteiger partial charge in [-0.15, -0.1) is 0 Å². The highest BCUT2D eigenvalue weighted by molar-refractivity contribution is 6.08. The Morgan fingerprint density at radius 3 is 2.28 bits per heavy atom. The third kappa shape index (κ3) is 1.95. The number of nitrogens with two attached hydrogens (primary N) is 1. The highest BCUT2D eigenvalue weighted by Crippen LogP contribution is 2.29. The number of aliphatic carboxylic acids is 1. The molecule has 1 amide bonds. The number of carbonyl (C=O) groups is 2. The first-order valence-electron chi connectivity index (χ1n) is 5.53. The van der Waals surface area contributed by atoms with E-state index in [-0.39, 0.29) is 23.7 Å². The summed E-state index contributed by atoms with van der Waals surface area (Å²) < 4.78 is 0. The average molecular weight is 246 g/mol. The van der Waals surface area contributed by atoms with Gasteiger partial charge in [0, 0.05) is 0 Å². The van der Waals surface area contributed by atoms with Crippen molar-refractivity contribution in [1.82, 2.24) is 0 Å². The van der Waals surface area contributed by atoms with Gasteiger partial charge in [0.1, 0.15) is 5.82 Å². The molecule has 2 rings (SSSR count). The third-order valence-corrected chi connectivity index (χ3v) is 2.85. The lowest BCUT2D eigenvalue weighted by Crippen LogP contribution is -2.28. The number of carbonyl (C=O) groups excluding carboxylic acids is 1. The molecule has 1 aromatic rings. The third-order valence-electron chi connectivity index (χ3n) is 2.85. The van der Waals surface area contributed by atoms with Crippen molar-refractivity contribution in [1.29, 1.82) is 0 Å². The number of carboxylic acids is 1. The molecule has 0 bridgehead atoms. The van der Waals surface area contributed by atoms with E-state index in [0.717, 1.165) is 11.1 Å². The molecular weight excluding hydrogens is 232 g/mol. The standard InChI is InChI=1S/C13H14N2O3/c1-7-3-8(2)5-9(4-7)15-11(16)6-10(12(15)14)13(17)18/h3-5H,6,14H2,1-2H3,(H,17,18). The Morgan fingerprint density at radius 1 is 1.28 bits per heavy atom. The van der Waals surface area contributed by atoms with Gasteiger partial charge in [-0.25, -0.2) is 4.79 Å². The molecular formula is C13H14N2O3. The van der Waals surface area contributed by atoms with E-state index in [0.29, 0.717) is 5.69 Å². The Kier molecular flexibility index (Phi) is 2.82. The van der Waals surface area contributed by atoms with E-state index < -0.39 is 5.97 Å². The van der Waals surface area contributed by atoms with Gasteiger partial charge in [-0.3, -0.25) is 9.69 Å². The summed E-state index contributed by atoms with van der Waals surface area (Å²) in [6.07, 6.45) is -0.159. The van der Waals surface area contributed by atoms with Gasteiger partial charge in [-0.1, -0.05) is 6.07 Å². The summed E-state index contributed by atoms with van der Waals surface area (Å²) in [5.41, 5.74) is 8.31. The lowest BCUT2D eigenvalue weighted by Gasteiger charge is -2.18. The number of nitrogens with zero attached hydrogens (tertiary/aromatic N) is 1. The molecule has 0 spiro atoms. The van der Waals surface area contributed by atoms with E-state index >= 15 is 0 Å². The predicted octanol–water partition coefficient (Wildman–Crippen LogP) is 1.30. The molecule has 5 heteroatoms. The van der Waals surface area contributed by atoms with Crippen molar-refractivity contribution in [3.63, 3.8) is 0 Å². The normalized spacial score (nSPS) is 15.4. The monoisotopic (exact) mass is 246 g/mol. The van der Waals surface area contributed by atoms with Crippen LogP contribution in [-0.2, 0) is 9.59 Å². The summed E-state index contributed by atoms with van der Waals surface area (Å²) in [6.45, 7) is 3.82. The van der Waals surface area contributed by atoms with Gasteiger partial charge in [0.25, 0.3) is 0 Å². The molecule has 0 aromatic heterocycles. The molecule has 0 fully saturated rings. The molecule has 0 unspecified atom stereocenters. The number of anilines is 1. The predicted molar refractivity (Wildman–Crippen MR) is 66.9 cm³/mol. The molecule has 1 aliphatic rings. The van der Waals surface area contributed by atoms with Crippen LogP contribution in [0.2, 0.25) is 0 Å². The Morgan fingerprint density at radius 2 is 1.83 bits per heavy atom. The number of rotatable bonds is 2. The SMILES string of the molecule is Cc1cc(C)cc(N2C(=O)CC(C(=O)O)=C2N)c1. The Hall–Kier alpha value is -2.30. The second kappa shape index (κ2) is 4.18. The van der Waals surface area contributed by atoms with Gasteiger partial charge in [0.2, 0.25) is 5.91 Å². The molecule has 0 aliphatic carbocycles. The van der Waals surface area contributed by atoms with E-state index in [4.69, 9.17) is 10.8 Å². The van der Waals surface area contributed by atoms with Gasteiger partial charge in [0.05, 0.1) is 17.7 Å². The van der Waals surface area contributed by atoms with Crippen LogP contribution in [0.1, 0.15) is 17.5 Å². The van der Waals surface area contributed by atoms with Crippen molar-refractivity contribution in [2.75, 3.05) is 4.90 Å². The first-order valence-corrected chi connectivity index (χ1v) is 5.53. The first kappa shape index (κ1) is 12.2. The zero-order valence-electron chi connectivity index (χ0n) is 10.2. The first-order chi connectivity index (χ1) is 8.40. The second-order valence-corrected chi connectivity index (χ2v) is 4.42. The lowest BCUT2D eigenvalue weighted by atomic mass is 10.1. The molecule has 0 saturated heterocycles. The van der Waals surface area contributed by atoms with Crippen LogP contribution in [0.4, 0.5) is 5.69 Å². The largest absolute Gasteiger partial charge is 0.478 e. The fraction of sp³-hybridized carbons (Fsp3) is 0.231. The Bertz CT molecular complexity index is 555. The quantitative estimate of drug-likeness (QED) is 0.823. The summed E-state index contributed by atoms with van der Waals surface area (Å²) in [7, 11) is 0. The maximum Gasteiger partial charge on any atom is 0.335 e. The lowest BCUT2D eigenvalue weighted by molar-refractivity contribution is -0.133. The summed E-state index contributed by atoms with van der Waals surface area (Å²) in [5.74, 6) is -1.44. The van der Waals surface area contributed by atoms with Crippen LogP contribution < -0.4 is 10.6 Å². The number of amides is 1. The van der Waals surface area contributed by atoms with Gasteiger partial charge >= 0.3 is 5.97 Å². The van der Waals surface area contributed by atoms with E-state index in [9.17, 15) is 9.59 Å².